The molecule has 0 aliphatic rings. The largest absolute Gasteiger partial charge is 0.478 e. The monoisotopic (exact) mass is 406 g/mol. The van der Waals surface area contributed by atoms with E-state index in [0.29, 0.717) is 16.9 Å². The molecule has 1 aromatic heterocycles. The van der Waals surface area contributed by atoms with E-state index in [1.807, 2.05) is 18.2 Å². The van der Waals surface area contributed by atoms with Crippen LogP contribution in [0.5, 0.6) is 5.75 Å². The summed E-state index contributed by atoms with van der Waals surface area (Å²) in [5, 5.41) is 8.53. The molecule has 4 rings (SSSR count). The molecule has 29 heavy (non-hydrogen) atoms. The van der Waals surface area contributed by atoms with Crippen LogP contribution >= 0.6 is 11.8 Å². The Morgan fingerprint density at radius 2 is 1.59 bits per heavy atom. The van der Waals surface area contributed by atoms with Gasteiger partial charge in [0, 0.05) is 5.75 Å². The second-order valence-corrected chi connectivity index (χ2v) is 7.37. The first-order valence-corrected chi connectivity index (χ1v) is 10.2. The van der Waals surface area contributed by atoms with Crippen LogP contribution in [0.15, 0.2) is 88.5 Å². The Kier molecular flexibility index (Phi) is 5.91. The van der Waals surface area contributed by atoms with Gasteiger partial charge in [0.2, 0.25) is 0 Å². The third-order valence-electron chi connectivity index (χ3n) is 4.33. The molecule has 0 aliphatic heterocycles. The van der Waals surface area contributed by atoms with E-state index >= 15 is 0 Å². The van der Waals surface area contributed by atoms with Crippen LogP contribution in [0, 0.1) is 5.82 Å². The first-order chi connectivity index (χ1) is 14.2. The molecule has 3 aromatic carbocycles. The van der Waals surface area contributed by atoms with Crippen LogP contribution in [-0.2, 0) is 5.75 Å². The highest BCUT2D eigenvalue weighted by Crippen LogP contribution is 2.28. The van der Waals surface area contributed by atoms with E-state index in [-0.39, 0.29) is 5.75 Å². The van der Waals surface area contributed by atoms with E-state index in [1.54, 1.807) is 25.1 Å². The number of hydrogen-bond acceptors (Lipinski definition) is 5. The maximum absolute atomic E-state index is 13.7. The predicted octanol–water partition coefficient (Wildman–Crippen LogP) is 6.31. The zero-order chi connectivity index (χ0) is 20.1. The zero-order valence-corrected chi connectivity index (χ0v) is 16.6. The number of benzene rings is 3. The van der Waals surface area contributed by atoms with Gasteiger partial charge in [-0.05, 0) is 35.7 Å². The molecule has 6 heteroatoms. The lowest BCUT2D eigenvalue weighted by atomic mass is 10.0. The molecule has 0 fully saturated rings. The maximum Gasteiger partial charge on any atom is 0.277 e. The molecular formula is C23H19FN2O2S. The zero-order valence-electron chi connectivity index (χ0n) is 15.8. The van der Waals surface area contributed by atoms with Crippen LogP contribution in [0.2, 0.25) is 0 Å². The summed E-state index contributed by atoms with van der Waals surface area (Å²) in [4.78, 5) is 0. The smallest absolute Gasteiger partial charge is 0.277 e. The normalized spacial score (nSPS) is 11.9. The standard InChI is InChI=1S/C23H19FN2O2S/c1-16(27-21-10-6-5-9-20(21)24)22-25-26-23(28-22)29-15-17-11-13-19(14-12-17)18-7-3-2-4-8-18/h2-14,16H,15H2,1H3/t16-/m0/s1. The van der Waals surface area contributed by atoms with Crippen molar-refractivity contribution in [2.45, 2.75) is 24.0 Å². The fourth-order valence-corrected chi connectivity index (χ4v) is 3.52. The Hall–Kier alpha value is -3.12. The van der Waals surface area contributed by atoms with Gasteiger partial charge in [-0.3, -0.25) is 0 Å². The lowest BCUT2D eigenvalue weighted by molar-refractivity contribution is 0.174. The molecule has 0 bridgehead atoms. The highest BCUT2D eigenvalue weighted by Gasteiger charge is 2.17. The molecule has 1 atom stereocenters. The second kappa shape index (κ2) is 8.92. The van der Waals surface area contributed by atoms with Gasteiger partial charge in [-0.1, -0.05) is 78.5 Å². The number of ether oxygens (including phenoxy) is 1. The van der Waals surface area contributed by atoms with Crippen molar-refractivity contribution in [3.05, 3.63) is 96.1 Å². The van der Waals surface area contributed by atoms with Gasteiger partial charge in [-0.2, -0.15) is 0 Å². The van der Waals surface area contributed by atoms with Crippen molar-refractivity contribution < 1.29 is 13.5 Å². The highest BCUT2D eigenvalue weighted by atomic mass is 32.2. The number of rotatable bonds is 7. The molecular weight excluding hydrogens is 387 g/mol. The fraction of sp³-hybridized carbons (Fsp3) is 0.130. The van der Waals surface area contributed by atoms with E-state index in [1.165, 1.54) is 29.0 Å². The van der Waals surface area contributed by atoms with Gasteiger partial charge >= 0.3 is 0 Å². The molecule has 1 heterocycles. The first kappa shape index (κ1) is 19.2. The Morgan fingerprint density at radius 1 is 0.897 bits per heavy atom. The number of thioether (sulfide) groups is 1. The topological polar surface area (TPSA) is 48.2 Å². The summed E-state index contributed by atoms with van der Waals surface area (Å²) in [5.74, 6) is 0.757. The van der Waals surface area contributed by atoms with Crippen molar-refractivity contribution in [2.24, 2.45) is 0 Å². The SMILES string of the molecule is C[C@H](Oc1ccccc1F)c1nnc(SCc2ccc(-c3ccccc3)cc2)o1. The summed E-state index contributed by atoms with van der Waals surface area (Å²) in [6.45, 7) is 1.75. The summed E-state index contributed by atoms with van der Waals surface area (Å²) in [7, 11) is 0. The van der Waals surface area contributed by atoms with Crippen LogP contribution < -0.4 is 4.74 Å². The molecule has 0 saturated carbocycles. The molecule has 0 N–H and O–H groups in total. The van der Waals surface area contributed by atoms with Crippen molar-refractivity contribution >= 4 is 11.8 Å². The molecule has 0 radical (unpaired) electrons. The van der Waals surface area contributed by atoms with E-state index in [9.17, 15) is 4.39 Å². The van der Waals surface area contributed by atoms with Gasteiger partial charge < -0.3 is 9.15 Å². The summed E-state index contributed by atoms with van der Waals surface area (Å²) < 4.78 is 25.0. The van der Waals surface area contributed by atoms with E-state index < -0.39 is 11.9 Å². The minimum absolute atomic E-state index is 0.158. The number of hydrogen-bond donors (Lipinski definition) is 0. The highest BCUT2D eigenvalue weighted by molar-refractivity contribution is 7.98. The van der Waals surface area contributed by atoms with E-state index in [2.05, 4.69) is 46.6 Å². The van der Waals surface area contributed by atoms with Crippen molar-refractivity contribution in [1.82, 2.24) is 10.2 Å². The van der Waals surface area contributed by atoms with Crippen molar-refractivity contribution in [2.75, 3.05) is 0 Å². The van der Waals surface area contributed by atoms with Gasteiger partial charge in [0.05, 0.1) is 0 Å². The average Bonchev–Trinajstić information content (AvgIpc) is 3.24. The minimum Gasteiger partial charge on any atom is -0.478 e. The molecule has 0 unspecified atom stereocenters. The van der Waals surface area contributed by atoms with Gasteiger partial charge in [-0.25, -0.2) is 4.39 Å². The predicted molar refractivity (Wildman–Crippen MR) is 111 cm³/mol. The fourth-order valence-electron chi connectivity index (χ4n) is 2.79. The first-order valence-electron chi connectivity index (χ1n) is 9.21. The quantitative estimate of drug-likeness (QED) is 0.337. The van der Waals surface area contributed by atoms with Crippen molar-refractivity contribution in [3.8, 4) is 16.9 Å². The van der Waals surface area contributed by atoms with E-state index in [0.717, 1.165) is 5.56 Å². The number of aromatic nitrogens is 2. The average molecular weight is 406 g/mol. The molecule has 0 spiro atoms. The summed E-state index contributed by atoms with van der Waals surface area (Å²) in [5.41, 5.74) is 3.53. The molecule has 0 aliphatic carbocycles. The molecule has 0 amide bonds. The molecule has 146 valence electrons. The maximum atomic E-state index is 13.7. The van der Waals surface area contributed by atoms with E-state index in [4.69, 9.17) is 9.15 Å². The summed E-state index contributed by atoms with van der Waals surface area (Å²) in [6.07, 6.45) is -0.543. The molecule has 0 saturated heterocycles. The number of halogens is 1. The van der Waals surface area contributed by atoms with Crippen LogP contribution in [0.3, 0.4) is 0 Å². The lowest BCUT2D eigenvalue weighted by Crippen LogP contribution is -2.04. The minimum atomic E-state index is -0.543. The van der Waals surface area contributed by atoms with Crippen LogP contribution in [-0.4, -0.2) is 10.2 Å². The third kappa shape index (κ3) is 4.84. The number of para-hydroxylation sites is 1. The Labute approximate surface area is 172 Å². The molecule has 4 aromatic rings. The van der Waals surface area contributed by atoms with Crippen LogP contribution in [0.25, 0.3) is 11.1 Å². The third-order valence-corrected chi connectivity index (χ3v) is 5.22. The van der Waals surface area contributed by atoms with Crippen molar-refractivity contribution in [3.63, 3.8) is 0 Å². The van der Waals surface area contributed by atoms with Gasteiger partial charge in [0.25, 0.3) is 11.1 Å². The lowest BCUT2D eigenvalue weighted by Gasteiger charge is -2.11. The van der Waals surface area contributed by atoms with Crippen molar-refractivity contribution in [1.29, 1.82) is 0 Å². The van der Waals surface area contributed by atoms with Gasteiger partial charge in [0.1, 0.15) is 0 Å². The molecule has 4 nitrogen and oxygen atoms in total. The summed E-state index contributed by atoms with van der Waals surface area (Å²) >= 11 is 1.45. The number of nitrogens with zero attached hydrogens (tertiary/aromatic N) is 2. The summed E-state index contributed by atoms with van der Waals surface area (Å²) in [6, 6.07) is 24.9. The Morgan fingerprint density at radius 3 is 2.34 bits per heavy atom. The van der Waals surface area contributed by atoms with Crippen LogP contribution in [0.1, 0.15) is 24.5 Å². The van der Waals surface area contributed by atoms with Gasteiger partial charge in [-0.15, -0.1) is 10.2 Å². The Bertz CT molecular complexity index is 1070. The van der Waals surface area contributed by atoms with Crippen LogP contribution in [0.4, 0.5) is 4.39 Å². The Balaban J connectivity index is 1.35. The van der Waals surface area contributed by atoms with Gasteiger partial charge in [0.15, 0.2) is 17.7 Å². The second-order valence-electron chi connectivity index (χ2n) is 6.45.